The fraction of sp³-hybridized carbons (Fsp3) is 0.375. The average Bonchev–Trinajstić information content (AvgIpc) is 2.62. The number of piperazine rings is 1. The zero-order valence-electron chi connectivity index (χ0n) is 13.8. The second-order valence-electron chi connectivity index (χ2n) is 5.98. The molecule has 2 aliphatic heterocycles. The van der Waals surface area contributed by atoms with E-state index in [1.807, 2.05) is 0 Å². The minimum absolute atomic E-state index is 0.150. The molecule has 1 aromatic rings. The molecule has 0 saturated carbocycles. The maximum atomic E-state index is 12.7. The van der Waals surface area contributed by atoms with Gasteiger partial charge in [-0.3, -0.25) is 19.8 Å². The van der Waals surface area contributed by atoms with Crippen LogP contribution in [0.3, 0.4) is 0 Å². The number of halogens is 1. The zero-order chi connectivity index (χ0) is 18.8. The summed E-state index contributed by atoms with van der Waals surface area (Å²) in [6.07, 6.45) is -0.853. The Morgan fingerprint density at radius 2 is 1.69 bits per heavy atom. The van der Waals surface area contributed by atoms with Crippen LogP contribution in [-0.2, 0) is 4.79 Å². The van der Waals surface area contributed by atoms with E-state index in [-0.39, 0.29) is 37.9 Å². The van der Waals surface area contributed by atoms with Crippen molar-refractivity contribution in [2.45, 2.75) is 6.42 Å². The van der Waals surface area contributed by atoms with Crippen molar-refractivity contribution in [2.24, 2.45) is 0 Å². The number of carbonyl (C=O) groups is 4. The van der Waals surface area contributed by atoms with Crippen molar-refractivity contribution < 1.29 is 24.3 Å². The summed E-state index contributed by atoms with van der Waals surface area (Å²) in [6.45, 7) is 1.26. The third-order valence-electron chi connectivity index (χ3n) is 4.38. The molecule has 0 aromatic heterocycles. The van der Waals surface area contributed by atoms with Crippen molar-refractivity contribution in [1.82, 2.24) is 15.1 Å². The van der Waals surface area contributed by atoms with Crippen LogP contribution >= 0.6 is 11.6 Å². The molecule has 3 rings (SSSR count). The number of rotatable bonds is 2. The summed E-state index contributed by atoms with van der Waals surface area (Å²) in [6, 6.07) is 4.03. The Morgan fingerprint density at radius 3 is 2.31 bits per heavy atom. The molecule has 2 fully saturated rings. The van der Waals surface area contributed by atoms with Gasteiger partial charge in [-0.2, -0.15) is 0 Å². The van der Waals surface area contributed by atoms with E-state index in [2.05, 4.69) is 5.32 Å². The summed E-state index contributed by atoms with van der Waals surface area (Å²) in [5.74, 6) is -0.618. The second-order valence-corrected chi connectivity index (χ2v) is 6.39. The predicted octanol–water partition coefficient (Wildman–Crippen LogP) is 1.22. The first-order valence-electron chi connectivity index (χ1n) is 8.05. The van der Waals surface area contributed by atoms with Crippen molar-refractivity contribution in [3.63, 3.8) is 0 Å². The molecule has 0 atom stereocenters. The molecule has 0 aliphatic carbocycles. The topological polar surface area (TPSA) is 110 Å². The standard InChI is InChI=1S/C16H17ClN4O5/c17-11-2-1-10(9-12(11)21-4-3-13(22)18-15(21)24)14(23)19-5-7-20(8-6-19)16(25)26/h1-2,9H,3-8H2,(H,25,26)(H,18,22,24). The van der Waals surface area contributed by atoms with Crippen LogP contribution in [-0.4, -0.2) is 71.6 Å². The van der Waals surface area contributed by atoms with Crippen molar-refractivity contribution in [3.05, 3.63) is 28.8 Å². The van der Waals surface area contributed by atoms with E-state index in [0.29, 0.717) is 29.4 Å². The van der Waals surface area contributed by atoms with Gasteiger partial charge in [0.15, 0.2) is 0 Å². The number of anilines is 1. The number of carboxylic acid groups (broad SMARTS) is 1. The molecule has 2 saturated heterocycles. The summed E-state index contributed by atoms with van der Waals surface area (Å²) in [4.78, 5) is 51.1. The summed E-state index contributed by atoms with van der Waals surface area (Å²) >= 11 is 6.17. The van der Waals surface area contributed by atoms with Crippen molar-refractivity contribution in [1.29, 1.82) is 0 Å². The molecule has 2 heterocycles. The minimum atomic E-state index is -1.00. The van der Waals surface area contributed by atoms with Gasteiger partial charge in [0, 0.05) is 44.7 Å². The lowest BCUT2D eigenvalue weighted by molar-refractivity contribution is -0.120. The number of urea groups is 1. The summed E-state index contributed by atoms with van der Waals surface area (Å²) < 4.78 is 0. The summed E-state index contributed by atoms with van der Waals surface area (Å²) in [5, 5.41) is 11.5. The Morgan fingerprint density at radius 1 is 1.04 bits per heavy atom. The largest absolute Gasteiger partial charge is 0.465 e. The molecule has 10 heteroatoms. The van der Waals surface area contributed by atoms with Gasteiger partial charge < -0.3 is 14.9 Å². The lowest BCUT2D eigenvalue weighted by Gasteiger charge is -2.33. The maximum Gasteiger partial charge on any atom is 0.407 e. The number of benzene rings is 1. The number of hydrogen-bond acceptors (Lipinski definition) is 4. The normalized spacial score (nSPS) is 18.0. The van der Waals surface area contributed by atoms with Crippen molar-refractivity contribution in [3.8, 4) is 0 Å². The van der Waals surface area contributed by atoms with Gasteiger partial charge >= 0.3 is 12.1 Å². The molecule has 0 spiro atoms. The Hall–Kier alpha value is -2.81. The van der Waals surface area contributed by atoms with Crippen LogP contribution in [0.15, 0.2) is 18.2 Å². The van der Waals surface area contributed by atoms with E-state index in [0.717, 1.165) is 0 Å². The van der Waals surface area contributed by atoms with Crippen LogP contribution in [0, 0.1) is 0 Å². The Kier molecular flexibility index (Phi) is 4.99. The average molecular weight is 381 g/mol. The molecule has 5 amide bonds. The number of amides is 5. The fourth-order valence-corrected chi connectivity index (χ4v) is 3.15. The van der Waals surface area contributed by atoms with Crippen LogP contribution in [0.5, 0.6) is 0 Å². The van der Waals surface area contributed by atoms with Crippen LogP contribution in [0.1, 0.15) is 16.8 Å². The molecule has 2 aliphatic rings. The van der Waals surface area contributed by atoms with Crippen LogP contribution < -0.4 is 10.2 Å². The van der Waals surface area contributed by atoms with E-state index < -0.39 is 12.1 Å². The van der Waals surface area contributed by atoms with Gasteiger partial charge in [-0.15, -0.1) is 0 Å². The summed E-state index contributed by atoms with van der Waals surface area (Å²) in [5.41, 5.74) is 0.699. The van der Waals surface area contributed by atoms with Crippen molar-refractivity contribution >= 4 is 41.2 Å². The zero-order valence-corrected chi connectivity index (χ0v) is 14.5. The molecule has 0 unspecified atom stereocenters. The molecule has 0 bridgehead atoms. The van der Waals surface area contributed by atoms with Gasteiger partial charge in [0.2, 0.25) is 5.91 Å². The third kappa shape index (κ3) is 3.57. The molecular formula is C16H17ClN4O5. The molecule has 2 N–H and O–H groups in total. The quantitative estimate of drug-likeness (QED) is 0.801. The SMILES string of the molecule is O=C1CCN(c2cc(C(=O)N3CCN(C(=O)O)CC3)ccc2Cl)C(=O)N1. The first-order chi connectivity index (χ1) is 12.4. The van der Waals surface area contributed by atoms with Gasteiger partial charge in [0.1, 0.15) is 0 Å². The van der Waals surface area contributed by atoms with Crippen LogP contribution in [0.2, 0.25) is 5.02 Å². The fourth-order valence-electron chi connectivity index (χ4n) is 2.93. The number of nitrogens with one attached hydrogen (secondary N) is 1. The summed E-state index contributed by atoms with van der Waals surface area (Å²) in [7, 11) is 0. The highest BCUT2D eigenvalue weighted by molar-refractivity contribution is 6.34. The Labute approximate surface area is 154 Å². The maximum absolute atomic E-state index is 12.7. The van der Waals surface area contributed by atoms with E-state index >= 15 is 0 Å². The lowest BCUT2D eigenvalue weighted by Crippen LogP contribution is -2.50. The number of imide groups is 1. The van der Waals surface area contributed by atoms with Gasteiger partial charge in [-0.25, -0.2) is 9.59 Å². The van der Waals surface area contributed by atoms with E-state index in [4.69, 9.17) is 16.7 Å². The second kappa shape index (κ2) is 7.20. The monoisotopic (exact) mass is 380 g/mol. The molecule has 26 heavy (non-hydrogen) atoms. The highest BCUT2D eigenvalue weighted by atomic mass is 35.5. The van der Waals surface area contributed by atoms with Gasteiger partial charge in [-0.1, -0.05) is 11.6 Å². The van der Waals surface area contributed by atoms with Crippen molar-refractivity contribution in [2.75, 3.05) is 37.6 Å². The first-order valence-corrected chi connectivity index (χ1v) is 8.42. The van der Waals surface area contributed by atoms with E-state index in [9.17, 15) is 19.2 Å². The van der Waals surface area contributed by atoms with E-state index in [1.165, 1.54) is 21.9 Å². The van der Waals surface area contributed by atoms with Crippen LogP contribution in [0.4, 0.5) is 15.3 Å². The minimum Gasteiger partial charge on any atom is -0.465 e. The first kappa shape index (κ1) is 18.0. The van der Waals surface area contributed by atoms with Gasteiger partial charge in [0.25, 0.3) is 5.91 Å². The van der Waals surface area contributed by atoms with Gasteiger partial charge in [-0.05, 0) is 18.2 Å². The molecular weight excluding hydrogens is 364 g/mol. The highest BCUT2D eigenvalue weighted by Crippen LogP contribution is 2.29. The molecule has 9 nitrogen and oxygen atoms in total. The molecule has 1 aromatic carbocycles. The van der Waals surface area contributed by atoms with Gasteiger partial charge in [0.05, 0.1) is 10.7 Å². The third-order valence-corrected chi connectivity index (χ3v) is 4.69. The van der Waals surface area contributed by atoms with Crippen LogP contribution in [0.25, 0.3) is 0 Å². The Bertz CT molecular complexity index is 776. The Balaban J connectivity index is 1.77. The highest BCUT2D eigenvalue weighted by Gasteiger charge is 2.28. The lowest BCUT2D eigenvalue weighted by atomic mass is 10.1. The number of carbonyl (C=O) groups excluding carboxylic acids is 3. The van der Waals surface area contributed by atoms with E-state index in [1.54, 1.807) is 11.0 Å². The predicted molar refractivity (Wildman–Crippen MR) is 92.5 cm³/mol. The smallest absolute Gasteiger partial charge is 0.407 e. The number of nitrogens with zero attached hydrogens (tertiary/aromatic N) is 3. The molecule has 138 valence electrons. The number of hydrogen-bond donors (Lipinski definition) is 2. The molecule has 0 radical (unpaired) electrons.